The minimum absolute atomic E-state index is 0.0757. The molecule has 2 N–H and O–H groups in total. The van der Waals surface area contributed by atoms with Crippen LogP contribution in [0.1, 0.15) is 26.7 Å². The predicted octanol–water partition coefficient (Wildman–Crippen LogP) is 0.775. The van der Waals surface area contributed by atoms with Crippen LogP contribution >= 0.6 is 0 Å². The van der Waals surface area contributed by atoms with Crippen molar-refractivity contribution in [1.29, 1.82) is 0 Å². The van der Waals surface area contributed by atoms with E-state index in [1.54, 1.807) is 0 Å². The highest BCUT2D eigenvalue weighted by Gasteiger charge is 2.12. The van der Waals surface area contributed by atoms with E-state index in [-0.39, 0.29) is 11.8 Å². The van der Waals surface area contributed by atoms with Crippen molar-refractivity contribution in [2.24, 2.45) is 11.8 Å². The number of hydrogen-bond donors (Lipinski definition) is 2. The molecule has 1 saturated heterocycles. The molecular formula is C12H24N2O2. The van der Waals surface area contributed by atoms with Gasteiger partial charge in [-0.3, -0.25) is 4.79 Å². The van der Waals surface area contributed by atoms with Crippen molar-refractivity contribution in [2.75, 3.05) is 32.8 Å². The van der Waals surface area contributed by atoms with Gasteiger partial charge in [0.05, 0.1) is 6.61 Å². The molecule has 0 bridgehead atoms. The lowest BCUT2D eigenvalue weighted by molar-refractivity contribution is -0.123. The summed E-state index contributed by atoms with van der Waals surface area (Å²) in [6.45, 7) is 8.16. The molecule has 0 aromatic rings. The molecule has 0 spiro atoms. The third kappa shape index (κ3) is 5.47. The monoisotopic (exact) mass is 228 g/mol. The molecule has 0 aromatic heterocycles. The van der Waals surface area contributed by atoms with E-state index >= 15 is 0 Å². The lowest BCUT2D eigenvalue weighted by atomic mass is 10.0. The van der Waals surface area contributed by atoms with E-state index in [4.69, 9.17) is 4.74 Å². The van der Waals surface area contributed by atoms with Gasteiger partial charge >= 0.3 is 0 Å². The van der Waals surface area contributed by atoms with Crippen LogP contribution in [0.3, 0.4) is 0 Å². The molecule has 1 rings (SSSR count). The zero-order chi connectivity index (χ0) is 11.8. The van der Waals surface area contributed by atoms with Crippen molar-refractivity contribution in [3.63, 3.8) is 0 Å². The molecule has 4 nitrogen and oxygen atoms in total. The van der Waals surface area contributed by atoms with Gasteiger partial charge in [-0.2, -0.15) is 0 Å². The summed E-state index contributed by atoms with van der Waals surface area (Å²) in [5.41, 5.74) is 0. The lowest BCUT2D eigenvalue weighted by Crippen LogP contribution is -2.37. The first-order valence-corrected chi connectivity index (χ1v) is 6.26. The topological polar surface area (TPSA) is 50.4 Å². The molecule has 0 saturated carbocycles. The Bertz CT molecular complexity index is 201. The molecule has 0 aliphatic carbocycles. The number of nitrogens with one attached hydrogen (secondary N) is 2. The average molecular weight is 228 g/mol. The molecule has 1 fully saturated rings. The molecular weight excluding hydrogens is 204 g/mol. The first-order valence-electron chi connectivity index (χ1n) is 6.26. The molecule has 1 atom stereocenters. The van der Waals surface area contributed by atoms with Gasteiger partial charge in [-0.05, 0) is 18.8 Å². The van der Waals surface area contributed by atoms with E-state index in [0.717, 1.165) is 26.3 Å². The summed E-state index contributed by atoms with van der Waals surface area (Å²) in [6.07, 6.45) is 2.43. The Labute approximate surface area is 98.1 Å². The normalized spacial score (nSPS) is 21.1. The summed E-state index contributed by atoms with van der Waals surface area (Å²) in [6, 6.07) is 0. The molecule has 1 unspecified atom stereocenters. The van der Waals surface area contributed by atoms with Crippen LogP contribution in [0.4, 0.5) is 0 Å². The van der Waals surface area contributed by atoms with Gasteiger partial charge < -0.3 is 15.4 Å². The Morgan fingerprint density at radius 2 is 2.25 bits per heavy atom. The number of hydrogen-bond acceptors (Lipinski definition) is 3. The van der Waals surface area contributed by atoms with Crippen molar-refractivity contribution in [3.8, 4) is 0 Å². The molecule has 16 heavy (non-hydrogen) atoms. The second kappa shape index (κ2) is 7.63. The van der Waals surface area contributed by atoms with Crippen LogP contribution in [-0.4, -0.2) is 38.8 Å². The Hall–Kier alpha value is -0.610. The van der Waals surface area contributed by atoms with E-state index in [1.807, 2.05) is 13.8 Å². The molecule has 94 valence electrons. The highest BCUT2D eigenvalue weighted by atomic mass is 16.5. The van der Waals surface area contributed by atoms with Crippen LogP contribution in [0.5, 0.6) is 0 Å². The van der Waals surface area contributed by atoms with Crippen LogP contribution in [0, 0.1) is 11.8 Å². The van der Waals surface area contributed by atoms with E-state index in [9.17, 15) is 4.79 Å². The molecule has 1 aliphatic rings. The van der Waals surface area contributed by atoms with Crippen molar-refractivity contribution >= 4 is 5.91 Å². The maximum atomic E-state index is 11.2. The predicted molar refractivity (Wildman–Crippen MR) is 64.3 cm³/mol. The van der Waals surface area contributed by atoms with Crippen LogP contribution < -0.4 is 10.6 Å². The molecule has 1 amide bonds. The Morgan fingerprint density at radius 3 is 2.88 bits per heavy atom. The number of carbonyl (C=O) groups excluding carboxylic acids is 1. The number of amides is 1. The smallest absolute Gasteiger partial charge is 0.222 e. The summed E-state index contributed by atoms with van der Waals surface area (Å²) in [5, 5.41) is 6.24. The minimum atomic E-state index is 0.0757. The first kappa shape index (κ1) is 13.5. The van der Waals surface area contributed by atoms with Crippen molar-refractivity contribution in [1.82, 2.24) is 10.6 Å². The van der Waals surface area contributed by atoms with Crippen LogP contribution in [0.2, 0.25) is 0 Å². The third-order valence-electron chi connectivity index (χ3n) is 2.81. The fraction of sp³-hybridized carbons (Fsp3) is 0.917. The fourth-order valence-electron chi connectivity index (χ4n) is 1.75. The standard InChI is InChI=1S/C12H24N2O2/c1-10(2)12(15)14-6-5-13-8-11-4-3-7-16-9-11/h10-11,13H,3-9H2,1-2H3,(H,14,15). The second-order valence-corrected chi connectivity index (χ2v) is 4.73. The lowest BCUT2D eigenvalue weighted by Gasteiger charge is -2.22. The van der Waals surface area contributed by atoms with E-state index < -0.39 is 0 Å². The van der Waals surface area contributed by atoms with Gasteiger partial charge in [0, 0.05) is 32.2 Å². The summed E-state index contributed by atoms with van der Waals surface area (Å²) >= 11 is 0. The van der Waals surface area contributed by atoms with Gasteiger partial charge in [0.1, 0.15) is 0 Å². The first-order chi connectivity index (χ1) is 7.70. The summed E-state index contributed by atoms with van der Waals surface area (Å²) in [5.74, 6) is 0.851. The minimum Gasteiger partial charge on any atom is -0.381 e. The van der Waals surface area contributed by atoms with Gasteiger partial charge in [-0.25, -0.2) is 0 Å². The van der Waals surface area contributed by atoms with Crippen LogP contribution in [-0.2, 0) is 9.53 Å². The summed E-state index contributed by atoms with van der Waals surface area (Å²) in [4.78, 5) is 11.2. The number of ether oxygens (including phenoxy) is 1. The number of carbonyl (C=O) groups is 1. The SMILES string of the molecule is CC(C)C(=O)NCCNCC1CCCOC1. The molecule has 0 aromatic carbocycles. The van der Waals surface area contributed by atoms with E-state index in [1.165, 1.54) is 12.8 Å². The van der Waals surface area contributed by atoms with Crippen molar-refractivity contribution < 1.29 is 9.53 Å². The third-order valence-corrected chi connectivity index (χ3v) is 2.81. The Kier molecular flexibility index (Phi) is 6.42. The average Bonchev–Trinajstić information content (AvgIpc) is 2.29. The van der Waals surface area contributed by atoms with Gasteiger partial charge in [-0.1, -0.05) is 13.8 Å². The molecule has 1 heterocycles. The highest BCUT2D eigenvalue weighted by molar-refractivity contribution is 5.77. The quantitative estimate of drug-likeness (QED) is 0.660. The van der Waals surface area contributed by atoms with E-state index in [2.05, 4.69) is 10.6 Å². The Morgan fingerprint density at radius 1 is 1.44 bits per heavy atom. The summed E-state index contributed by atoms with van der Waals surface area (Å²) < 4.78 is 5.40. The maximum Gasteiger partial charge on any atom is 0.222 e. The van der Waals surface area contributed by atoms with Crippen molar-refractivity contribution in [3.05, 3.63) is 0 Å². The largest absolute Gasteiger partial charge is 0.381 e. The zero-order valence-corrected chi connectivity index (χ0v) is 10.4. The van der Waals surface area contributed by atoms with E-state index in [0.29, 0.717) is 12.5 Å². The second-order valence-electron chi connectivity index (χ2n) is 4.73. The van der Waals surface area contributed by atoms with Crippen molar-refractivity contribution in [2.45, 2.75) is 26.7 Å². The number of rotatable bonds is 6. The zero-order valence-electron chi connectivity index (χ0n) is 10.4. The Balaban J connectivity index is 1.93. The van der Waals surface area contributed by atoms with Crippen LogP contribution in [0.15, 0.2) is 0 Å². The molecule has 1 aliphatic heterocycles. The van der Waals surface area contributed by atoms with Gasteiger partial charge in [0.25, 0.3) is 0 Å². The highest BCUT2D eigenvalue weighted by Crippen LogP contribution is 2.11. The maximum absolute atomic E-state index is 11.2. The van der Waals surface area contributed by atoms with Gasteiger partial charge in [0.15, 0.2) is 0 Å². The molecule has 4 heteroatoms. The van der Waals surface area contributed by atoms with Crippen LogP contribution in [0.25, 0.3) is 0 Å². The van der Waals surface area contributed by atoms with Gasteiger partial charge in [0.2, 0.25) is 5.91 Å². The van der Waals surface area contributed by atoms with Gasteiger partial charge in [-0.15, -0.1) is 0 Å². The molecule has 0 radical (unpaired) electrons. The summed E-state index contributed by atoms with van der Waals surface area (Å²) in [7, 11) is 0. The fourth-order valence-corrected chi connectivity index (χ4v) is 1.75.